The van der Waals surface area contributed by atoms with Crippen LogP contribution in [0.5, 0.6) is 0 Å². The van der Waals surface area contributed by atoms with Gasteiger partial charge in [-0.05, 0) is 31.8 Å². The Morgan fingerprint density at radius 3 is 2.72 bits per heavy atom. The summed E-state index contributed by atoms with van der Waals surface area (Å²) in [6.45, 7) is 7.48. The number of likely N-dealkylation sites (tertiary alicyclic amines) is 1. The highest BCUT2D eigenvalue weighted by molar-refractivity contribution is 5.81. The quantitative estimate of drug-likeness (QED) is 0.783. The van der Waals surface area contributed by atoms with Gasteiger partial charge in [-0.3, -0.25) is 4.79 Å². The van der Waals surface area contributed by atoms with Crippen molar-refractivity contribution in [1.29, 1.82) is 0 Å². The van der Waals surface area contributed by atoms with Crippen LogP contribution < -0.4 is 5.32 Å². The molecule has 1 unspecified atom stereocenters. The first-order valence-corrected chi connectivity index (χ1v) is 7.00. The molecule has 1 N–H and O–H groups in total. The Hall–Kier alpha value is -0.650. The molecule has 0 aliphatic carbocycles. The van der Waals surface area contributed by atoms with E-state index >= 15 is 0 Å². The first-order chi connectivity index (χ1) is 8.81. The minimum atomic E-state index is -0.371. The normalized spacial score (nSPS) is 26.3. The van der Waals surface area contributed by atoms with E-state index in [0.29, 0.717) is 25.7 Å². The summed E-state index contributed by atoms with van der Waals surface area (Å²) in [5.74, 6) is 0.814. The molecule has 1 amide bonds. The van der Waals surface area contributed by atoms with E-state index in [1.165, 1.54) is 0 Å². The predicted molar refractivity (Wildman–Crippen MR) is 68.4 cm³/mol. The lowest BCUT2D eigenvalue weighted by molar-refractivity contribution is -0.159. The van der Waals surface area contributed by atoms with Crippen LogP contribution in [0.15, 0.2) is 0 Å². The largest absolute Gasteiger partial charge is 0.376 e. The SMILES string of the molecule is CCNCC1CCN(C(=O)C2COCCO2)CC1. The van der Waals surface area contributed by atoms with Gasteiger partial charge >= 0.3 is 0 Å². The maximum atomic E-state index is 12.2. The molecule has 0 aromatic rings. The van der Waals surface area contributed by atoms with Crippen LogP contribution in [-0.4, -0.2) is 62.9 Å². The molecule has 2 rings (SSSR count). The first-order valence-electron chi connectivity index (χ1n) is 7.00. The van der Waals surface area contributed by atoms with Crippen LogP contribution in [-0.2, 0) is 14.3 Å². The van der Waals surface area contributed by atoms with Crippen molar-refractivity contribution < 1.29 is 14.3 Å². The van der Waals surface area contributed by atoms with Crippen LogP contribution in [0.3, 0.4) is 0 Å². The van der Waals surface area contributed by atoms with Crippen molar-refractivity contribution in [3.63, 3.8) is 0 Å². The lowest BCUT2D eigenvalue weighted by Crippen LogP contribution is -2.48. The molecule has 0 bridgehead atoms. The third-order valence-electron chi connectivity index (χ3n) is 3.70. The van der Waals surface area contributed by atoms with Gasteiger partial charge in [0, 0.05) is 13.1 Å². The van der Waals surface area contributed by atoms with E-state index in [1.54, 1.807) is 0 Å². The molecule has 5 nitrogen and oxygen atoms in total. The summed E-state index contributed by atoms with van der Waals surface area (Å²) in [4.78, 5) is 14.1. The fourth-order valence-electron chi connectivity index (χ4n) is 2.54. The second kappa shape index (κ2) is 7.07. The summed E-state index contributed by atoms with van der Waals surface area (Å²) in [7, 11) is 0. The van der Waals surface area contributed by atoms with E-state index in [-0.39, 0.29) is 12.0 Å². The molecule has 2 aliphatic rings. The fourth-order valence-corrected chi connectivity index (χ4v) is 2.54. The molecule has 18 heavy (non-hydrogen) atoms. The molecule has 2 aliphatic heterocycles. The van der Waals surface area contributed by atoms with E-state index in [0.717, 1.165) is 39.0 Å². The third kappa shape index (κ3) is 3.67. The van der Waals surface area contributed by atoms with E-state index in [1.807, 2.05) is 4.90 Å². The fraction of sp³-hybridized carbons (Fsp3) is 0.923. The molecule has 2 heterocycles. The summed E-state index contributed by atoms with van der Waals surface area (Å²) >= 11 is 0. The average Bonchev–Trinajstić information content (AvgIpc) is 2.46. The minimum Gasteiger partial charge on any atom is -0.376 e. The molecule has 5 heteroatoms. The summed E-state index contributed by atoms with van der Waals surface area (Å²) in [5, 5.41) is 3.38. The van der Waals surface area contributed by atoms with Crippen LogP contribution >= 0.6 is 0 Å². The maximum absolute atomic E-state index is 12.2. The highest BCUT2D eigenvalue weighted by atomic mass is 16.6. The Morgan fingerprint density at radius 1 is 1.33 bits per heavy atom. The monoisotopic (exact) mass is 256 g/mol. The highest BCUT2D eigenvalue weighted by Gasteiger charge is 2.30. The number of carbonyl (C=O) groups is 1. The topological polar surface area (TPSA) is 50.8 Å². The zero-order valence-electron chi connectivity index (χ0n) is 11.2. The van der Waals surface area contributed by atoms with Gasteiger partial charge in [-0.15, -0.1) is 0 Å². The van der Waals surface area contributed by atoms with Crippen molar-refractivity contribution in [1.82, 2.24) is 10.2 Å². The van der Waals surface area contributed by atoms with Gasteiger partial charge < -0.3 is 19.7 Å². The number of nitrogens with one attached hydrogen (secondary N) is 1. The molecule has 0 radical (unpaired) electrons. The highest BCUT2D eigenvalue weighted by Crippen LogP contribution is 2.18. The zero-order chi connectivity index (χ0) is 12.8. The Balaban J connectivity index is 1.73. The van der Waals surface area contributed by atoms with Crippen LogP contribution in [0.1, 0.15) is 19.8 Å². The number of ether oxygens (including phenoxy) is 2. The standard InChI is InChI=1S/C13H24N2O3/c1-2-14-9-11-3-5-15(6-4-11)13(16)12-10-17-7-8-18-12/h11-12,14H,2-10H2,1H3. The van der Waals surface area contributed by atoms with Gasteiger partial charge in [0.15, 0.2) is 6.10 Å². The number of amides is 1. The molecular formula is C13H24N2O3. The van der Waals surface area contributed by atoms with Crippen molar-refractivity contribution in [3.8, 4) is 0 Å². The lowest BCUT2D eigenvalue weighted by atomic mass is 9.96. The molecule has 1 atom stereocenters. The summed E-state index contributed by atoms with van der Waals surface area (Å²) in [5.41, 5.74) is 0. The van der Waals surface area contributed by atoms with Crippen LogP contribution in [0.4, 0.5) is 0 Å². The number of nitrogens with zero attached hydrogens (tertiary/aromatic N) is 1. The molecule has 2 saturated heterocycles. The Bertz CT molecular complexity index is 259. The first kappa shape index (κ1) is 13.8. The van der Waals surface area contributed by atoms with E-state index in [2.05, 4.69) is 12.2 Å². The second-order valence-corrected chi connectivity index (χ2v) is 5.01. The maximum Gasteiger partial charge on any atom is 0.254 e. The zero-order valence-corrected chi connectivity index (χ0v) is 11.2. The molecule has 104 valence electrons. The van der Waals surface area contributed by atoms with Gasteiger partial charge in [0.25, 0.3) is 5.91 Å². The molecule has 0 spiro atoms. The van der Waals surface area contributed by atoms with Gasteiger partial charge in [0.2, 0.25) is 0 Å². The van der Waals surface area contributed by atoms with E-state index < -0.39 is 0 Å². The molecule has 0 aromatic heterocycles. The number of hydrogen-bond donors (Lipinski definition) is 1. The van der Waals surface area contributed by atoms with Gasteiger partial charge in [-0.2, -0.15) is 0 Å². The minimum absolute atomic E-state index is 0.108. The number of carbonyl (C=O) groups excluding carboxylic acids is 1. The van der Waals surface area contributed by atoms with E-state index in [4.69, 9.17) is 9.47 Å². The van der Waals surface area contributed by atoms with Gasteiger partial charge in [-0.25, -0.2) is 0 Å². The van der Waals surface area contributed by atoms with Crippen LogP contribution in [0.2, 0.25) is 0 Å². The van der Waals surface area contributed by atoms with Crippen LogP contribution in [0.25, 0.3) is 0 Å². The predicted octanol–water partition coefficient (Wildman–Crippen LogP) is 0.250. The molecular weight excluding hydrogens is 232 g/mol. The number of piperidine rings is 1. The van der Waals surface area contributed by atoms with Gasteiger partial charge in [0.05, 0.1) is 19.8 Å². The van der Waals surface area contributed by atoms with Gasteiger partial charge in [-0.1, -0.05) is 6.92 Å². The lowest BCUT2D eigenvalue weighted by Gasteiger charge is -2.35. The Morgan fingerprint density at radius 2 is 2.11 bits per heavy atom. The van der Waals surface area contributed by atoms with E-state index in [9.17, 15) is 4.79 Å². The smallest absolute Gasteiger partial charge is 0.254 e. The van der Waals surface area contributed by atoms with Crippen LogP contribution in [0, 0.1) is 5.92 Å². The molecule has 0 aromatic carbocycles. The Kier molecular flexibility index (Phi) is 5.41. The van der Waals surface area contributed by atoms with Crippen molar-refractivity contribution in [3.05, 3.63) is 0 Å². The van der Waals surface area contributed by atoms with Gasteiger partial charge in [0.1, 0.15) is 0 Å². The number of hydrogen-bond acceptors (Lipinski definition) is 4. The second-order valence-electron chi connectivity index (χ2n) is 5.01. The summed E-state index contributed by atoms with van der Waals surface area (Å²) in [6, 6.07) is 0. The summed E-state index contributed by atoms with van der Waals surface area (Å²) in [6.07, 6.45) is 1.81. The van der Waals surface area contributed by atoms with Crippen molar-refractivity contribution in [2.75, 3.05) is 46.0 Å². The van der Waals surface area contributed by atoms with Crippen molar-refractivity contribution in [2.24, 2.45) is 5.92 Å². The number of rotatable bonds is 4. The van der Waals surface area contributed by atoms with Crippen molar-refractivity contribution in [2.45, 2.75) is 25.9 Å². The third-order valence-corrected chi connectivity index (χ3v) is 3.70. The average molecular weight is 256 g/mol. The molecule has 2 fully saturated rings. The van der Waals surface area contributed by atoms with Crippen molar-refractivity contribution >= 4 is 5.91 Å². The Labute approximate surface area is 109 Å². The molecule has 0 saturated carbocycles. The summed E-state index contributed by atoms with van der Waals surface area (Å²) < 4.78 is 10.7.